The summed E-state index contributed by atoms with van der Waals surface area (Å²) in [6.45, 7) is 14.5. The van der Waals surface area contributed by atoms with Crippen LogP contribution in [0.15, 0.2) is 30.3 Å². The molecule has 0 aliphatic carbocycles. The molecular weight excluding hydrogens is 418 g/mol. The molecule has 0 spiro atoms. The van der Waals surface area contributed by atoms with E-state index in [1.165, 1.54) is 0 Å². The van der Waals surface area contributed by atoms with E-state index in [0.717, 1.165) is 36.0 Å². The number of amides is 2. The Morgan fingerprint density at radius 3 is 2.27 bits per heavy atom. The number of benzene rings is 1. The maximum Gasteiger partial charge on any atom is 0.412 e. The minimum Gasteiger partial charge on any atom is -0.444 e. The third-order valence-electron chi connectivity index (χ3n) is 5.29. The number of anilines is 2. The molecule has 0 bridgehead atoms. The van der Waals surface area contributed by atoms with E-state index >= 15 is 0 Å². The molecule has 1 N–H and O–H groups in total. The van der Waals surface area contributed by atoms with E-state index in [4.69, 9.17) is 9.72 Å². The van der Waals surface area contributed by atoms with Gasteiger partial charge >= 0.3 is 6.09 Å². The normalized spacial score (nSPS) is 14.4. The minimum absolute atomic E-state index is 0.101. The molecule has 1 aliphatic rings. The monoisotopic (exact) mass is 453 g/mol. The number of nitrogens with one attached hydrogen (secondary N) is 1. The van der Waals surface area contributed by atoms with Gasteiger partial charge in [-0.25, -0.2) is 14.8 Å². The fourth-order valence-corrected chi connectivity index (χ4v) is 3.59. The summed E-state index contributed by atoms with van der Waals surface area (Å²) in [6, 6.07) is 9.30. The Hall–Kier alpha value is -3.16. The Labute approximate surface area is 196 Å². The summed E-state index contributed by atoms with van der Waals surface area (Å²) in [6.07, 6.45) is -0.166. The van der Waals surface area contributed by atoms with Crippen molar-refractivity contribution in [3.05, 3.63) is 47.4 Å². The first-order valence-electron chi connectivity index (χ1n) is 11.5. The van der Waals surface area contributed by atoms with Crippen LogP contribution in [0.2, 0.25) is 0 Å². The highest BCUT2D eigenvalue weighted by Crippen LogP contribution is 2.19. The number of aromatic nitrogens is 2. The molecule has 1 fully saturated rings. The molecule has 0 unspecified atom stereocenters. The van der Waals surface area contributed by atoms with Crippen LogP contribution < -0.4 is 10.2 Å². The van der Waals surface area contributed by atoms with Crippen molar-refractivity contribution in [1.82, 2.24) is 14.9 Å². The maximum atomic E-state index is 12.8. The van der Waals surface area contributed by atoms with Crippen LogP contribution in [-0.4, -0.2) is 58.6 Å². The standard InChI is InChI=1S/C25H35N5O3/c1-17(2)23-26-18(3)15-21(28-23)29-11-13-30(14-12-29)22(31)16-19-7-9-20(10-8-19)27-24(32)33-25(4,5)6/h7-10,15,17H,11-14,16H2,1-6H3,(H,27,32). The van der Waals surface area contributed by atoms with Crippen LogP contribution in [-0.2, 0) is 16.0 Å². The molecule has 2 aromatic rings. The first-order chi connectivity index (χ1) is 15.5. The molecule has 2 amide bonds. The van der Waals surface area contributed by atoms with Gasteiger partial charge < -0.3 is 14.5 Å². The zero-order valence-corrected chi connectivity index (χ0v) is 20.5. The minimum atomic E-state index is -0.552. The van der Waals surface area contributed by atoms with E-state index in [2.05, 4.69) is 29.0 Å². The van der Waals surface area contributed by atoms with Gasteiger partial charge in [-0.05, 0) is 45.4 Å². The quantitative estimate of drug-likeness (QED) is 0.732. The summed E-state index contributed by atoms with van der Waals surface area (Å²) in [7, 11) is 0. The molecule has 1 aromatic carbocycles. The zero-order valence-electron chi connectivity index (χ0n) is 20.5. The predicted molar refractivity (Wildman–Crippen MR) is 130 cm³/mol. The highest BCUT2D eigenvalue weighted by atomic mass is 16.6. The largest absolute Gasteiger partial charge is 0.444 e. The summed E-state index contributed by atoms with van der Waals surface area (Å²) < 4.78 is 5.26. The van der Waals surface area contributed by atoms with Crippen molar-refractivity contribution < 1.29 is 14.3 Å². The number of carbonyl (C=O) groups excluding carboxylic acids is 2. The second-order valence-electron chi connectivity index (χ2n) is 9.75. The molecule has 1 saturated heterocycles. The van der Waals surface area contributed by atoms with E-state index in [1.807, 2.05) is 50.8 Å². The van der Waals surface area contributed by atoms with Crippen LogP contribution in [0.1, 0.15) is 57.6 Å². The van der Waals surface area contributed by atoms with Crippen molar-refractivity contribution in [1.29, 1.82) is 0 Å². The molecule has 33 heavy (non-hydrogen) atoms. The van der Waals surface area contributed by atoms with E-state index in [9.17, 15) is 9.59 Å². The fraction of sp³-hybridized carbons (Fsp3) is 0.520. The van der Waals surface area contributed by atoms with Gasteiger partial charge in [0.05, 0.1) is 6.42 Å². The summed E-state index contributed by atoms with van der Waals surface area (Å²) in [4.78, 5) is 38.1. The molecule has 8 nitrogen and oxygen atoms in total. The van der Waals surface area contributed by atoms with E-state index < -0.39 is 11.7 Å². The second-order valence-corrected chi connectivity index (χ2v) is 9.75. The third kappa shape index (κ3) is 7.17. The SMILES string of the molecule is Cc1cc(N2CCN(C(=O)Cc3ccc(NC(=O)OC(C)(C)C)cc3)CC2)nc(C(C)C)n1. The topological polar surface area (TPSA) is 87.7 Å². The second kappa shape index (κ2) is 10.2. The summed E-state index contributed by atoms with van der Waals surface area (Å²) >= 11 is 0. The smallest absolute Gasteiger partial charge is 0.412 e. The molecule has 3 rings (SSSR count). The first-order valence-corrected chi connectivity index (χ1v) is 11.5. The van der Waals surface area contributed by atoms with Crippen molar-refractivity contribution in [2.24, 2.45) is 0 Å². The molecule has 2 heterocycles. The van der Waals surface area contributed by atoms with Gasteiger partial charge in [-0.1, -0.05) is 26.0 Å². The van der Waals surface area contributed by atoms with Crippen molar-refractivity contribution >= 4 is 23.5 Å². The molecule has 1 aromatic heterocycles. The van der Waals surface area contributed by atoms with Gasteiger partial charge in [0.15, 0.2) is 0 Å². The number of ether oxygens (including phenoxy) is 1. The lowest BCUT2D eigenvalue weighted by Crippen LogP contribution is -2.49. The lowest BCUT2D eigenvalue weighted by molar-refractivity contribution is -0.130. The van der Waals surface area contributed by atoms with Crippen LogP contribution in [0.25, 0.3) is 0 Å². The van der Waals surface area contributed by atoms with Gasteiger partial charge in [-0.3, -0.25) is 10.1 Å². The predicted octanol–water partition coefficient (Wildman–Crippen LogP) is 4.15. The van der Waals surface area contributed by atoms with Gasteiger partial charge in [-0.15, -0.1) is 0 Å². The van der Waals surface area contributed by atoms with Gasteiger partial charge in [0, 0.05) is 49.5 Å². The van der Waals surface area contributed by atoms with Crippen molar-refractivity contribution in [2.75, 3.05) is 36.4 Å². The third-order valence-corrected chi connectivity index (χ3v) is 5.29. The average molecular weight is 454 g/mol. The lowest BCUT2D eigenvalue weighted by atomic mass is 10.1. The zero-order chi connectivity index (χ0) is 24.2. The van der Waals surface area contributed by atoms with Crippen LogP contribution >= 0.6 is 0 Å². The molecule has 0 saturated carbocycles. The van der Waals surface area contributed by atoms with Crippen molar-refractivity contribution in [3.63, 3.8) is 0 Å². The molecular formula is C25H35N5O3. The Morgan fingerprint density at radius 1 is 1.06 bits per heavy atom. The number of aryl methyl sites for hydroxylation is 1. The van der Waals surface area contributed by atoms with Gasteiger partial charge in [0.1, 0.15) is 17.2 Å². The van der Waals surface area contributed by atoms with Gasteiger partial charge in [0.25, 0.3) is 0 Å². The average Bonchev–Trinajstić information content (AvgIpc) is 2.73. The van der Waals surface area contributed by atoms with Crippen LogP contribution in [0.3, 0.4) is 0 Å². The summed E-state index contributed by atoms with van der Waals surface area (Å²) in [5, 5.41) is 2.71. The van der Waals surface area contributed by atoms with Gasteiger partial charge in [-0.2, -0.15) is 0 Å². The molecule has 178 valence electrons. The Bertz CT molecular complexity index is 975. The van der Waals surface area contributed by atoms with Crippen LogP contribution in [0, 0.1) is 6.92 Å². The number of nitrogens with zero attached hydrogens (tertiary/aromatic N) is 4. The van der Waals surface area contributed by atoms with E-state index in [0.29, 0.717) is 25.2 Å². The van der Waals surface area contributed by atoms with Crippen LogP contribution in [0.5, 0.6) is 0 Å². The molecule has 8 heteroatoms. The van der Waals surface area contributed by atoms with Gasteiger partial charge in [0.2, 0.25) is 5.91 Å². The number of rotatable bonds is 5. The summed E-state index contributed by atoms with van der Waals surface area (Å²) in [5.41, 5.74) is 1.95. The number of hydrogen-bond acceptors (Lipinski definition) is 6. The first kappa shape index (κ1) is 24.5. The molecule has 1 aliphatic heterocycles. The number of carbonyl (C=O) groups is 2. The Morgan fingerprint density at radius 2 is 1.70 bits per heavy atom. The lowest BCUT2D eigenvalue weighted by Gasteiger charge is -2.35. The number of piperazine rings is 1. The fourth-order valence-electron chi connectivity index (χ4n) is 3.59. The maximum absolute atomic E-state index is 12.8. The molecule has 0 atom stereocenters. The highest BCUT2D eigenvalue weighted by Gasteiger charge is 2.23. The van der Waals surface area contributed by atoms with E-state index in [1.54, 1.807) is 12.1 Å². The highest BCUT2D eigenvalue weighted by molar-refractivity contribution is 5.85. The summed E-state index contributed by atoms with van der Waals surface area (Å²) in [5.74, 6) is 2.17. The molecule has 0 radical (unpaired) electrons. The van der Waals surface area contributed by atoms with Crippen LogP contribution in [0.4, 0.5) is 16.3 Å². The Balaban J connectivity index is 1.52. The van der Waals surface area contributed by atoms with E-state index in [-0.39, 0.29) is 11.8 Å². The van der Waals surface area contributed by atoms with Crippen molar-refractivity contribution in [2.45, 2.75) is 59.5 Å². The Kier molecular flexibility index (Phi) is 7.56. The number of hydrogen-bond donors (Lipinski definition) is 1. The van der Waals surface area contributed by atoms with Crippen molar-refractivity contribution in [3.8, 4) is 0 Å².